The fraction of sp³-hybridized carbons (Fsp3) is 0.429. The average molecular weight is 247 g/mol. The van der Waals surface area contributed by atoms with Gasteiger partial charge in [-0.05, 0) is 31.4 Å². The molecule has 0 aliphatic carbocycles. The van der Waals surface area contributed by atoms with E-state index in [1.54, 1.807) is 19.1 Å². The number of benzene rings is 1. The summed E-state index contributed by atoms with van der Waals surface area (Å²) in [5, 5.41) is 0. The summed E-state index contributed by atoms with van der Waals surface area (Å²) in [5.74, 6) is -1.35. The molecule has 4 heteroatoms. The van der Waals surface area contributed by atoms with Gasteiger partial charge < -0.3 is 9.64 Å². The molecule has 18 heavy (non-hydrogen) atoms. The Morgan fingerprint density at radius 3 is 2.89 bits per heavy atom. The lowest BCUT2D eigenvalue weighted by Gasteiger charge is -2.27. The van der Waals surface area contributed by atoms with Gasteiger partial charge in [-0.2, -0.15) is 0 Å². The molecule has 1 aliphatic rings. The molecular formula is C14H17NO3. The first-order valence-corrected chi connectivity index (χ1v) is 6.19. The molecule has 1 heterocycles. The maximum Gasteiger partial charge on any atom is 0.379 e. The van der Waals surface area contributed by atoms with Gasteiger partial charge in [0.05, 0.1) is 6.61 Å². The third kappa shape index (κ3) is 2.37. The van der Waals surface area contributed by atoms with Crippen molar-refractivity contribution in [3.63, 3.8) is 0 Å². The Hall–Kier alpha value is -1.84. The van der Waals surface area contributed by atoms with Crippen LogP contribution >= 0.6 is 0 Å². The molecule has 4 nitrogen and oxygen atoms in total. The van der Waals surface area contributed by atoms with Crippen molar-refractivity contribution in [1.82, 2.24) is 0 Å². The third-order valence-electron chi connectivity index (χ3n) is 3.16. The van der Waals surface area contributed by atoms with Gasteiger partial charge in [0, 0.05) is 24.8 Å². The van der Waals surface area contributed by atoms with Gasteiger partial charge in [-0.25, -0.2) is 4.79 Å². The third-order valence-corrected chi connectivity index (χ3v) is 3.16. The number of hydrogen-bond acceptors (Lipinski definition) is 4. The van der Waals surface area contributed by atoms with Gasteiger partial charge in [-0.1, -0.05) is 12.1 Å². The Bertz CT molecular complexity index is 482. The lowest BCUT2D eigenvalue weighted by molar-refractivity contribution is -0.137. The smallest absolute Gasteiger partial charge is 0.379 e. The number of anilines is 1. The van der Waals surface area contributed by atoms with Crippen LogP contribution in [0.3, 0.4) is 0 Å². The average Bonchev–Trinajstić information content (AvgIpc) is 2.38. The van der Waals surface area contributed by atoms with Crippen molar-refractivity contribution in [2.45, 2.75) is 19.8 Å². The van der Waals surface area contributed by atoms with E-state index in [0.717, 1.165) is 25.1 Å². The summed E-state index contributed by atoms with van der Waals surface area (Å²) in [5.41, 5.74) is 2.67. The van der Waals surface area contributed by atoms with Gasteiger partial charge in [0.15, 0.2) is 0 Å². The van der Waals surface area contributed by atoms with Crippen LogP contribution in [0.4, 0.5) is 5.69 Å². The van der Waals surface area contributed by atoms with Gasteiger partial charge >= 0.3 is 5.97 Å². The van der Waals surface area contributed by atoms with E-state index in [4.69, 9.17) is 4.74 Å². The SMILES string of the molecule is CCOC(=O)C(=O)c1ccc2c(c1)N(C)CCC2. The minimum Gasteiger partial charge on any atom is -0.460 e. The second-order valence-electron chi connectivity index (χ2n) is 4.42. The lowest BCUT2D eigenvalue weighted by Crippen LogP contribution is -2.25. The fourth-order valence-electron chi connectivity index (χ4n) is 2.21. The van der Waals surface area contributed by atoms with E-state index >= 15 is 0 Å². The van der Waals surface area contributed by atoms with E-state index < -0.39 is 11.8 Å². The van der Waals surface area contributed by atoms with Crippen LogP contribution in [0.5, 0.6) is 0 Å². The quantitative estimate of drug-likeness (QED) is 0.464. The zero-order valence-corrected chi connectivity index (χ0v) is 10.7. The summed E-state index contributed by atoms with van der Waals surface area (Å²) in [7, 11) is 2.00. The molecule has 0 amide bonds. The van der Waals surface area contributed by atoms with Crippen LogP contribution in [-0.2, 0) is 16.0 Å². The summed E-state index contributed by atoms with van der Waals surface area (Å²) in [6.07, 6.45) is 2.14. The number of Topliss-reactive ketones (excluding diaryl/α,β-unsaturated/α-hetero) is 1. The number of esters is 1. The number of ether oxygens (including phenoxy) is 1. The Morgan fingerprint density at radius 1 is 1.39 bits per heavy atom. The largest absolute Gasteiger partial charge is 0.460 e. The van der Waals surface area contributed by atoms with E-state index in [1.165, 1.54) is 5.56 Å². The van der Waals surface area contributed by atoms with Gasteiger partial charge in [-0.3, -0.25) is 4.79 Å². The molecular weight excluding hydrogens is 230 g/mol. The second kappa shape index (κ2) is 5.21. The summed E-state index contributed by atoms with van der Waals surface area (Å²) >= 11 is 0. The predicted molar refractivity (Wildman–Crippen MR) is 69.0 cm³/mol. The van der Waals surface area contributed by atoms with Crippen LogP contribution in [0, 0.1) is 0 Å². The Morgan fingerprint density at radius 2 is 2.17 bits per heavy atom. The molecule has 96 valence electrons. The number of aryl methyl sites for hydroxylation is 1. The molecule has 1 aromatic rings. The standard InChI is InChI=1S/C14H17NO3/c1-3-18-14(17)13(16)11-7-6-10-5-4-8-15(2)12(10)9-11/h6-7,9H,3-5,8H2,1-2H3. The monoisotopic (exact) mass is 247 g/mol. The minimum absolute atomic E-state index is 0.218. The first kappa shape index (κ1) is 12.6. The fourth-order valence-corrected chi connectivity index (χ4v) is 2.21. The number of nitrogens with zero attached hydrogens (tertiary/aromatic N) is 1. The number of rotatable bonds is 3. The van der Waals surface area contributed by atoms with Crippen LogP contribution in [-0.4, -0.2) is 32.0 Å². The highest BCUT2D eigenvalue weighted by Gasteiger charge is 2.21. The number of carbonyl (C=O) groups is 2. The molecule has 0 fully saturated rings. The first-order valence-electron chi connectivity index (χ1n) is 6.19. The van der Waals surface area contributed by atoms with Gasteiger partial charge in [0.2, 0.25) is 0 Å². The lowest BCUT2D eigenvalue weighted by atomic mass is 9.98. The highest BCUT2D eigenvalue weighted by molar-refractivity contribution is 6.40. The van der Waals surface area contributed by atoms with E-state index in [-0.39, 0.29) is 6.61 Å². The summed E-state index contributed by atoms with van der Waals surface area (Å²) in [4.78, 5) is 25.4. The summed E-state index contributed by atoms with van der Waals surface area (Å²) in [6, 6.07) is 5.42. The van der Waals surface area contributed by atoms with E-state index in [0.29, 0.717) is 5.56 Å². The minimum atomic E-state index is -0.782. The number of ketones is 1. The topological polar surface area (TPSA) is 46.6 Å². The maximum atomic E-state index is 11.8. The molecule has 2 rings (SSSR count). The number of carbonyl (C=O) groups excluding carboxylic acids is 2. The van der Waals surface area contributed by atoms with Crippen molar-refractivity contribution < 1.29 is 14.3 Å². The molecule has 0 saturated carbocycles. The van der Waals surface area contributed by atoms with Crippen LogP contribution in [0.2, 0.25) is 0 Å². The van der Waals surface area contributed by atoms with Crippen LogP contribution in [0.15, 0.2) is 18.2 Å². The molecule has 0 atom stereocenters. The summed E-state index contributed by atoms with van der Waals surface area (Å²) < 4.78 is 4.73. The van der Waals surface area contributed by atoms with Crippen LogP contribution in [0.25, 0.3) is 0 Å². The zero-order valence-electron chi connectivity index (χ0n) is 10.7. The van der Waals surface area contributed by atoms with Crippen molar-refractivity contribution in [3.05, 3.63) is 29.3 Å². The molecule has 1 aromatic carbocycles. The van der Waals surface area contributed by atoms with Crippen molar-refractivity contribution in [2.24, 2.45) is 0 Å². The Balaban J connectivity index is 2.28. The first-order chi connectivity index (χ1) is 8.63. The maximum absolute atomic E-state index is 11.8. The number of fused-ring (bicyclic) bond motifs is 1. The molecule has 0 N–H and O–H groups in total. The molecule has 0 bridgehead atoms. The van der Waals surface area contributed by atoms with E-state index in [9.17, 15) is 9.59 Å². The predicted octanol–water partition coefficient (Wildman–Crippen LogP) is 1.81. The van der Waals surface area contributed by atoms with E-state index in [1.807, 2.05) is 13.1 Å². The van der Waals surface area contributed by atoms with Gasteiger partial charge in [-0.15, -0.1) is 0 Å². The molecule has 0 spiro atoms. The van der Waals surface area contributed by atoms with Gasteiger partial charge in [0.1, 0.15) is 0 Å². The van der Waals surface area contributed by atoms with Crippen LogP contribution in [0.1, 0.15) is 29.3 Å². The van der Waals surface area contributed by atoms with E-state index in [2.05, 4.69) is 4.90 Å². The molecule has 0 saturated heterocycles. The Kier molecular flexibility index (Phi) is 3.65. The number of hydrogen-bond donors (Lipinski definition) is 0. The van der Waals surface area contributed by atoms with Crippen LogP contribution < -0.4 is 4.90 Å². The Labute approximate surface area is 107 Å². The van der Waals surface area contributed by atoms with Crippen molar-refractivity contribution >= 4 is 17.4 Å². The summed E-state index contributed by atoms with van der Waals surface area (Å²) in [6.45, 7) is 2.88. The molecule has 0 aromatic heterocycles. The normalized spacial score (nSPS) is 14.0. The highest BCUT2D eigenvalue weighted by atomic mass is 16.5. The molecule has 0 unspecified atom stereocenters. The molecule has 1 aliphatic heterocycles. The molecule has 0 radical (unpaired) electrons. The second-order valence-corrected chi connectivity index (χ2v) is 4.42. The van der Waals surface area contributed by atoms with Crippen molar-refractivity contribution in [2.75, 3.05) is 25.1 Å². The van der Waals surface area contributed by atoms with Crippen molar-refractivity contribution in [3.8, 4) is 0 Å². The van der Waals surface area contributed by atoms with Gasteiger partial charge in [0.25, 0.3) is 5.78 Å². The highest BCUT2D eigenvalue weighted by Crippen LogP contribution is 2.27. The zero-order chi connectivity index (χ0) is 13.1. The van der Waals surface area contributed by atoms with Crippen molar-refractivity contribution in [1.29, 1.82) is 0 Å².